The van der Waals surface area contributed by atoms with Gasteiger partial charge >= 0.3 is 0 Å². The van der Waals surface area contributed by atoms with Gasteiger partial charge in [0, 0.05) is 12.2 Å². The summed E-state index contributed by atoms with van der Waals surface area (Å²) >= 11 is 5.26. The Morgan fingerprint density at radius 2 is 1.82 bits per heavy atom. The van der Waals surface area contributed by atoms with E-state index in [2.05, 4.69) is 38.3 Å². The van der Waals surface area contributed by atoms with E-state index in [4.69, 9.17) is 12.2 Å². The number of nitrogens with one attached hydrogen (secondary N) is 2. The zero-order chi connectivity index (χ0) is 12.9. The molecule has 94 valence electrons. The van der Waals surface area contributed by atoms with Gasteiger partial charge < -0.3 is 10.6 Å². The predicted octanol–water partition coefficient (Wildman–Crippen LogP) is 3.66. The first-order valence-electron chi connectivity index (χ1n) is 5.99. The van der Waals surface area contributed by atoms with Crippen LogP contribution in [0.3, 0.4) is 0 Å². The summed E-state index contributed by atoms with van der Waals surface area (Å²) in [5.41, 5.74) is 1.32. The first-order chi connectivity index (χ1) is 7.89. The molecule has 3 heteroatoms. The second kappa shape index (κ2) is 6.01. The van der Waals surface area contributed by atoms with Crippen molar-refractivity contribution in [2.45, 2.75) is 27.7 Å². The number of para-hydroxylation sites is 1. The van der Waals surface area contributed by atoms with Crippen LogP contribution in [0.2, 0.25) is 0 Å². The largest absolute Gasteiger partial charge is 0.362 e. The second-order valence-electron chi connectivity index (χ2n) is 5.47. The molecule has 0 saturated heterocycles. The highest BCUT2D eigenvalue weighted by atomic mass is 32.1. The number of anilines is 1. The summed E-state index contributed by atoms with van der Waals surface area (Å²) in [7, 11) is 0. The lowest BCUT2D eigenvalue weighted by Gasteiger charge is -2.27. The highest BCUT2D eigenvalue weighted by Crippen LogP contribution is 2.24. The van der Waals surface area contributed by atoms with E-state index in [9.17, 15) is 0 Å². The zero-order valence-corrected chi connectivity index (χ0v) is 11.9. The topological polar surface area (TPSA) is 24.1 Å². The first kappa shape index (κ1) is 14.0. The Morgan fingerprint density at radius 3 is 2.35 bits per heavy atom. The van der Waals surface area contributed by atoms with Gasteiger partial charge in [0.05, 0.1) is 0 Å². The summed E-state index contributed by atoms with van der Waals surface area (Å²) < 4.78 is 0. The summed E-state index contributed by atoms with van der Waals surface area (Å²) in [5.74, 6) is 0.568. The molecular formula is C14H22N2S. The first-order valence-corrected chi connectivity index (χ1v) is 6.40. The van der Waals surface area contributed by atoms with Crippen molar-refractivity contribution in [1.82, 2.24) is 5.32 Å². The van der Waals surface area contributed by atoms with E-state index in [0.29, 0.717) is 16.4 Å². The number of hydrogen-bond donors (Lipinski definition) is 2. The Bertz CT molecular complexity index is 354. The Morgan fingerprint density at radius 1 is 1.24 bits per heavy atom. The maximum Gasteiger partial charge on any atom is 0.170 e. The highest BCUT2D eigenvalue weighted by Gasteiger charge is 2.19. The van der Waals surface area contributed by atoms with Gasteiger partial charge in [0.1, 0.15) is 0 Å². The summed E-state index contributed by atoms with van der Waals surface area (Å²) in [5, 5.41) is 7.11. The Hall–Kier alpha value is -1.09. The van der Waals surface area contributed by atoms with Crippen LogP contribution in [-0.4, -0.2) is 11.7 Å². The normalized spacial score (nSPS) is 12.9. The monoisotopic (exact) mass is 250 g/mol. The molecule has 1 aromatic carbocycles. The molecule has 0 aliphatic heterocycles. The van der Waals surface area contributed by atoms with Crippen molar-refractivity contribution in [1.29, 1.82) is 0 Å². The molecule has 2 N–H and O–H groups in total. The Kier molecular flexibility index (Phi) is 4.94. The molecule has 1 unspecified atom stereocenters. The van der Waals surface area contributed by atoms with Gasteiger partial charge in [-0.15, -0.1) is 0 Å². The SMILES string of the molecule is CC(CNC(=S)Nc1ccccc1)C(C)(C)C. The van der Waals surface area contributed by atoms with Crippen LogP contribution in [0, 0.1) is 11.3 Å². The molecule has 1 rings (SSSR count). The lowest BCUT2D eigenvalue weighted by atomic mass is 9.82. The minimum absolute atomic E-state index is 0.301. The standard InChI is InChI=1S/C14H22N2S/c1-11(14(2,3)4)10-15-13(17)16-12-8-6-5-7-9-12/h5-9,11H,10H2,1-4H3,(H2,15,16,17). The molecule has 0 radical (unpaired) electrons. The minimum Gasteiger partial charge on any atom is -0.362 e. The van der Waals surface area contributed by atoms with Crippen LogP contribution in [0.1, 0.15) is 27.7 Å². The van der Waals surface area contributed by atoms with Crippen LogP contribution in [-0.2, 0) is 0 Å². The molecule has 17 heavy (non-hydrogen) atoms. The molecular weight excluding hydrogens is 228 g/mol. The Balaban J connectivity index is 2.36. The third-order valence-corrected chi connectivity index (χ3v) is 3.33. The second-order valence-corrected chi connectivity index (χ2v) is 5.88. The molecule has 0 spiro atoms. The van der Waals surface area contributed by atoms with Crippen molar-refractivity contribution in [3.05, 3.63) is 30.3 Å². The molecule has 1 atom stereocenters. The molecule has 0 heterocycles. The van der Waals surface area contributed by atoms with E-state index in [1.54, 1.807) is 0 Å². The van der Waals surface area contributed by atoms with Gasteiger partial charge in [-0.2, -0.15) is 0 Å². The van der Waals surface area contributed by atoms with Crippen molar-refractivity contribution in [2.24, 2.45) is 11.3 Å². The third kappa shape index (κ3) is 5.18. The maximum atomic E-state index is 5.26. The maximum absolute atomic E-state index is 5.26. The lowest BCUT2D eigenvalue weighted by Crippen LogP contribution is -2.36. The smallest absolute Gasteiger partial charge is 0.170 e. The number of benzene rings is 1. The summed E-state index contributed by atoms with van der Waals surface area (Å²) in [6.07, 6.45) is 0. The van der Waals surface area contributed by atoms with E-state index in [0.717, 1.165) is 12.2 Å². The molecule has 0 bridgehead atoms. The summed E-state index contributed by atoms with van der Waals surface area (Å²) in [4.78, 5) is 0. The van der Waals surface area contributed by atoms with Crippen LogP contribution in [0.25, 0.3) is 0 Å². The van der Waals surface area contributed by atoms with Gasteiger partial charge in [0.15, 0.2) is 5.11 Å². The average Bonchev–Trinajstić information content (AvgIpc) is 2.26. The fraction of sp³-hybridized carbons (Fsp3) is 0.500. The van der Waals surface area contributed by atoms with Gasteiger partial charge in [-0.25, -0.2) is 0 Å². The van der Waals surface area contributed by atoms with Crippen molar-refractivity contribution < 1.29 is 0 Å². The number of hydrogen-bond acceptors (Lipinski definition) is 1. The lowest BCUT2D eigenvalue weighted by molar-refractivity contribution is 0.262. The quantitative estimate of drug-likeness (QED) is 0.801. The molecule has 0 aliphatic carbocycles. The molecule has 1 aromatic rings. The number of rotatable bonds is 3. The summed E-state index contributed by atoms with van der Waals surface area (Å²) in [6.45, 7) is 9.85. The molecule has 0 aromatic heterocycles. The van der Waals surface area contributed by atoms with Crippen LogP contribution in [0.4, 0.5) is 5.69 Å². The molecule has 2 nitrogen and oxygen atoms in total. The van der Waals surface area contributed by atoms with Crippen molar-refractivity contribution in [3.63, 3.8) is 0 Å². The molecule has 0 amide bonds. The van der Waals surface area contributed by atoms with E-state index < -0.39 is 0 Å². The van der Waals surface area contributed by atoms with E-state index in [-0.39, 0.29) is 0 Å². The average molecular weight is 250 g/mol. The van der Waals surface area contributed by atoms with Crippen molar-refractivity contribution in [3.8, 4) is 0 Å². The van der Waals surface area contributed by atoms with Crippen molar-refractivity contribution in [2.75, 3.05) is 11.9 Å². The minimum atomic E-state index is 0.301. The van der Waals surface area contributed by atoms with Gasteiger partial charge in [0.2, 0.25) is 0 Å². The molecule has 0 fully saturated rings. The van der Waals surface area contributed by atoms with E-state index >= 15 is 0 Å². The van der Waals surface area contributed by atoms with Crippen LogP contribution in [0.5, 0.6) is 0 Å². The van der Waals surface area contributed by atoms with Crippen molar-refractivity contribution >= 4 is 23.0 Å². The van der Waals surface area contributed by atoms with Crippen LogP contribution < -0.4 is 10.6 Å². The number of thiocarbonyl (C=S) groups is 1. The molecule has 0 aliphatic rings. The van der Waals surface area contributed by atoms with Gasteiger partial charge in [-0.05, 0) is 35.7 Å². The van der Waals surface area contributed by atoms with Gasteiger partial charge in [-0.3, -0.25) is 0 Å². The highest BCUT2D eigenvalue weighted by molar-refractivity contribution is 7.80. The fourth-order valence-corrected chi connectivity index (χ4v) is 1.45. The summed E-state index contributed by atoms with van der Waals surface area (Å²) in [6, 6.07) is 9.97. The Labute approximate surface area is 110 Å². The van der Waals surface area contributed by atoms with Crippen LogP contribution in [0.15, 0.2) is 30.3 Å². The van der Waals surface area contributed by atoms with Gasteiger partial charge in [-0.1, -0.05) is 45.9 Å². The van der Waals surface area contributed by atoms with Crippen LogP contribution >= 0.6 is 12.2 Å². The third-order valence-electron chi connectivity index (χ3n) is 3.08. The van der Waals surface area contributed by atoms with E-state index in [1.807, 2.05) is 30.3 Å². The fourth-order valence-electron chi connectivity index (χ4n) is 1.25. The zero-order valence-electron chi connectivity index (χ0n) is 11.1. The van der Waals surface area contributed by atoms with E-state index in [1.165, 1.54) is 0 Å². The predicted molar refractivity (Wildman–Crippen MR) is 79.3 cm³/mol. The van der Waals surface area contributed by atoms with Gasteiger partial charge in [0.25, 0.3) is 0 Å². The molecule has 0 saturated carbocycles.